The molecule has 0 heterocycles. The fourth-order valence-corrected chi connectivity index (χ4v) is 2.43. The molecule has 0 fully saturated rings. The van der Waals surface area contributed by atoms with Crippen molar-refractivity contribution in [3.63, 3.8) is 0 Å². The summed E-state index contributed by atoms with van der Waals surface area (Å²) in [5.41, 5.74) is 1.63. The molecule has 26 heavy (non-hydrogen) atoms. The first-order valence-corrected chi connectivity index (χ1v) is 8.37. The number of hydrogen-bond acceptors (Lipinski definition) is 5. The minimum atomic E-state index is -0.474. The Hall–Kier alpha value is -2.93. The van der Waals surface area contributed by atoms with E-state index in [0.29, 0.717) is 12.3 Å². The molecule has 0 atom stereocenters. The number of carbonyl (C=O) groups is 1. The Balaban J connectivity index is 1.68. The highest BCUT2D eigenvalue weighted by Crippen LogP contribution is 2.16. The molecular weight excluding hydrogens is 334 g/mol. The van der Waals surface area contributed by atoms with E-state index in [0.717, 1.165) is 24.3 Å². The lowest BCUT2D eigenvalue weighted by atomic mass is 10.2. The fourth-order valence-electron chi connectivity index (χ4n) is 2.43. The molecule has 0 aliphatic carbocycles. The zero-order valence-electron chi connectivity index (χ0n) is 15.0. The summed E-state index contributed by atoms with van der Waals surface area (Å²) in [6, 6.07) is 13.6. The fraction of sp³-hybridized carbons (Fsp3) is 0.316. The average molecular weight is 357 g/mol. The maximum atomic E-state index is 12.0. The highest BCUT2D eigenvalue weighted by atomic mass is 16.6. The molecule has 0 unspecified atom stereocenters. The van der Waals surface area contributed by atoms with Crippen molar-refractivity contribution in [2.75, 3.05) is 32.1 Å². The maximum Gasteiger partial charge on any atom is 0.269 e. The second-order valence-corrected chi connectivity index (χ2v) is 6.06. The molecule has 0 saturated carbocycles. The molecule has 0 aromatic heterocycles. The summed E-state index contributed by atoms with van der Waals surface area (Å²) in [7, 11) is 1.86. The number of nitro benzene ring substituents is 1. The Labute approximate surface area is 152 Å². The van der Waals surface area contributed by atoms with Gasteiger partial charge in [-0.15, -0.1) is 0 Å². The summed E-state index contributed by atoms with van der Waals surface area (Å²) in [6.45, 7) is 3.55. The van der Waals surface area contributed by atoms with Gasteiger partial charge in [0.1, 0.15) is 5.75 Å². The van der Waals surface area contributed by atoms with Crippen molar-refractivity contribution >= 4 is 17.3 Å². The standard InChI is InChI=1S/C19H23N3O4/c1-15-6-3-4-7-18(15)26-13-5-12-21(2)14-19(23)20-16-8-10-17(11-9-16)22(24)25/h3-4,6-11H,5,12-14H2,1-2H3,(H,20,23). The van der Waals surface area contributed by atoms with E-state index in [1.807, 2.05) is 43.1 Å². The van der Waals surface area contributed by atoms with E-state index in [-0.39, 0.29) is 18.1 Å². The number of aryl methyl sites for hydroxylation is 1. The minimum absolute atomic E-state index is 0.00577. The van der Waals surface area contributed by atoms with Gasteiger partial charge in [0.15, 0.2) is 0 Å². The molecule has 0 saturated heterocycles. The average Bonchev–Trinajstić information content (AvgIpc) is 2.60. The molecule has 7 nitrogen and oxygen atoms in total. The van der Waals surface area contributed by atoms with Gasteiger partial charge in [-0.3, -0.25) is 19.8 Å². The summed E-state index contributed by atoms with van der Waals surface area (Å²) < 4.78 is 5.74. The van der Waals surface area contributed by atoms with E-state index in [1.54, 1.807) is 0 Å². The van der Waals surface area contributed by atoms with Crippen LogP contribution < -0.4 is 10.1 Å². The number of non-ortho nitro benzene ring substituents is 1. The summed E-state index contributed by atoms with van der Waals surface area (Å²) >= 11 is 0. The zero-order chi connectivity index (χ0) is 18.9. The van der Waals surface area contributed by atoms with Gasteiger partial charge in [-0.25, -0.2) is 0 Å². The van der Waals surface area contributed by atoms with Gasteiger partial charge in [-0.05, 0) is 44.2 Å². The number of para-hydroxylation sites is 1. The lowest BCUT2D eigenvalue weighted by molar-refractivity contribution is -0.384. The minimum Gasteiger partial charge on any atom is -0.493 e. The molecule has 2 aromatic rings. The number of carbonyl (C=O) groups excluding carboxylic acids is 1. The van der Waals surface area contributed by atoms with Gasteiger partial charge in [-0.1, -0.05) is 18.2 Å². The third-order valence-electron chi connectivity index (χ3n) is 3.81. The van der Waals surface area contributed by atoms with Crippen LogP contribution in [0.5, 0.6) is 5.75 Å². The number of rotatable bonds is 9. The lowest BCUT2D eigenvalue weighted by Crippen LogP contribution is -2.31. The molecule has 0 radical (unpaired) electrons. The molecule has 2 rings (SSSR count). The van der Waals surface area contributed by atoms with E-state index in [2.05, 4.69) is 5.32 Å². The van der Waals surface area contributed by atoms with Gasteiger partial charge < -0.3 is 10.1 Å². The molecule has 1 N–H and O–H groups in total. The Morgan fingerprint density at radius 2 is 1.88 bits per heavy atom. The van der Waals surface area contributed by atoms with E-state index >= 15 is 0 Å². The maximum absolute atomic E-state index is 12.0. The van der Waals surface area contributed by atoms with Crippen LogP contribution in [0.3, 0.4) is 0 Å². The second-order valence-electron chi connectivity index (χ2n) is 6.06. The largest absolute Gasteiger partial charge is 0.493 e. The number of benzene rings is 2. The zero-order valence-corrected chi connectivity index (χ0v) is 15.0. The number of ether oxygens (including phenoxy) is 1. The van der Waals surface area contributed by atoms with Crippen LogP contribution in [0.1, 0.15) is 12.0 Å². The van der Waals surface area contributed by atoms with Crippen molar-refractivity contribution in [2.45, 2.75) is 13.3 Å². The Kier molecular flexibility index (Phi) is 7.11. The molecule has 2 aromatic carbocycles. The number of nitrogens with one attached hydrogen (secondary N) is 1. The summed E-state index contributed by atoms with van der Waals surface area (Å²) in [5, 5.41) is 13.3. The first-order chi connectivity index (χ1) is 12.5. The van der Waals surface area contributed by atoms with Crippen LogP contribution in [0.15, 0.2) is 48.5 Å². The summed E-state index contributed by atoms with van der Waals surface area (Å²) in [6.07, 6.45) is 0.801. The molecule has 0 aliphatic heterocycles. The third kappa shape index (κ3) is 6.18. The van der Waals surface area contributed by atoms with Gasteiger partial charge in [0.25, 0.3) is 5.69 Å². The Morgan fingerprint density at radius 3 is 2.54 bits per heavy atom. The molecule has 1 amide bonds. The topological polar surface area (TPSA) is 84.7 Å². The van der Waals surface area contributed by atoms with Crippen LogP contribution in [-0.4, -0.2) is 42.5 Å². The van der Waals surface area contributed by atoms with Crippen LogP contribution in [0.4, 0.5) is 11.4 Å². The number of amides is 1. The highest BCUT2D eigenvalue weighted by Gasteiger charge is 2.09. The van der Waals surface area contributed by atoms with Crippen molar-refractivity contribution in [1.29, 1.82) is 0 Å². The number of anilines is 1. The van der Waals surface area contributed by atoms with Crippen molar-refractivity contribution in [2.24, 2.45) is 0 Å². The molecule has 0 aliphatic rings. The van der Waals surface area contributed by atoms with Gasteiger partial charge in [0.2, 0.25) is 5.91 Å². The number of nitro groups is 1. The quantitative estimate of drug-likeness (QED) is 0.423. The van der Waals surface area contributed by atoms with Gasteiger partial charge in [0, 0.05) is 24.4 Å². The highest BCUT2D eigenvalue weighted by molar-refractivity contribution is 5.92. The third-order valence-corrected chi connectivity index (χ3v) is 3.81. The van der Waals surface area contributed by atoms with E-state index < -0.39 is 4.92 Å². The van der Waals surface area contributed by atoms with Gasteiger partial charge in [0.05, 0.1) is 18.1 Å². The van der Waals surface area contributed by atoms with Crippen LogP contribution in [-0.2, 0) is 4.79 Å². The number of hydrogen-bond donors (Lipinski definition) is 1. The Morgan fingerprint density at radius 1 is 1.19 bits per heavy atom. The van der Waals surface area contributed by atoms with Crippen molar-refractivity contribution in [1.82, 2.24) is 4.90 Å². The lowest BCUT2D eigenvalue weighted by Gasteiger charge is -2.16. The van der Waals surface area contributed by atoms with E-state index in [4.69, 9.17) is 4.74 Å². The van der Waals surface area contributed by atoms with Crippen LogP contribution in [0.25, 0.3) is 0 Å². The molecule has 138 valence electrons. The van der Waals surface area contributed by atoms with Crippen molar-refractivity contribution < 1.29 is 14.5 Å². The molecular formula is C19H23N3O4. The van der Waals surface area contributed by atoms with Crippen LogP contribution in [0.2, 0.25) is 0 Å². The van der Waals surface area contributed by atoms with E-state index in [9.17, 15) is 14.9 Å². The van der Waals surface area contributed by atoms with Gasteiger partial charge >= 0.3 is 0 Å². The predicted molar refractivity (Wildman–Crippen MR) is 101 cm³/mol. The van der Waals surface area contributed by atoms with Crippen molar-refractivity contribution in [3.05, 3.63) is 64.2 Å². The summed E-state index contributed by atoms with van der Waals surface area (Å²) in [4.78, 5) is 24.1. The van der Waals surface area contributed by atoms with Crippen LogP contribution >= 0.6 is 0 Å². The Bertz CT molecular complexity index is 747. The van der Waals surface area contributed by atoms with Crippen LogP contribution in [0, 0.1) is 17.0 Å². The first-order valence-electron chi connectivity index (χ1n) is 8.37. The smallest absolute Gasteiger partial charge is 0.269 e. The van der Waals surface area contributed by atoms with Gasteiger partial charge in [-0.2, -0.15) is 0 Å². The monoisotopic (exact) mass is 357 g/mol. The predicted octanol–water partition coefficient (Wildman–Crippen LogP) is 3.24. The normalized spacial score (nSPS) is 10.6. The van der Waals surface area contributed by atoms with Crippen molar-refractivity contribution in [3.8, 4) is 5.75 Å². The molecule has 0 spiro atoms. The first kappa shape index (κ1) is 19.4. The number of nitrogens with zero attached hydrogens (tertiary/aromatic N) is 2. The summed E-state index contributed by atoms with van der Waals surface area (Å²) in [5.74, 6) is 0.715. The SMILES string of the molecule is Cc1ccccc1OCCCN(C)CC(=O)Nc1ccc([N+](=O)[O-])cc1. The second kappa shape index (κ2) is 9.53. The molecule has 0 bridgehead atoms. The molecule has 7 heteroatoms. The number of likely N-dealkylation sites (N-methyl/N-ethyl adjacent to an activating group) is 1. The van der Waals surface area contributed by atoms with E-state index in [1.165, 1.54) is 24.3 Å².